The molecule has 0 radical (unpaired) electrons. The second-order valence-electron chi connectivity index (χ2n) is 5.73. The van der Waals surface area contributed by atoms with E-state index in [-0.39, 0.29) is 17.9 Å². The van der Waals surface area contributed by atoms with Gasteiger partial charge in [-0.05, 0) is 20.3 Å². The molecular formula is C15H20N6O3S. The van der Waals surface area contributed by atoms with Crippen LogP contribution in [0.25, 0.3) is 0 Å². The maximum atomic E-state index is 12.4. The Kier molecular flexibility index (Phi) is 5.39. The largest absolute Gasteiger partial charge is 0.378 e. The Balaban J connectivity index is 1.64. The van der Waals surface area contributed by atoms with E-state index in [0.29, 0.717) is 55.1 Å². The van der Waals surface area contributed by atoms with Gasteiger partial charge in [-0.1, -0.05) is 11.3 Å². The molecule has 134 valence electrons. The van der Waals surface area contributed by atoms with Crippen LogP contribution in [0.5, 0.6) is 0 Å². The van der Waals surface area contributed by atoms with Gasteiger partial charge in [0.25, 0.3) is 5.56 Å². The molecule has 3 rings (SSSR count). The van der Waals surface area contributed by atoms with Crippen molar-refractivity contribution in [1.82, 2.24) is 20.2 Å². The van der Waals surface area contributed by atoms with Crippen molar-refractivity contribution in [3.8, 4) is 0 Å². The highest BCUT2D eigenvalue weighted by atomic mass is 32.1. The predicted molar refractivity (Wildman–Crippen MR) is 94.2 cm³/mol. The van der Waals surface area contributed by atoms with E-state index >= 15 is 0 Å². The molecule has 1 amide bonds. The zero-order valence-electron chi connectivity index (χ0n) is 14.2. The van der Waals surface area contributed by atoms with Crippen molar-refractivity contribution >= 4 is 28.3 Å². The number of morpholine rings is 1. The van der Waals surface area contributed by atoms with Crippen LogP contribution in [0.4, 0.5) is 11.1 Å². The molecule has 2 aromatic heterocycles. The summed E-state index contributed by atoms with van der Waals surface area (Å²) in [5.74, 6) is 0.357. The van der Waals surface area contributed by atoms with E-state index in [4.69, 9.17) is 4.74 Å². The highest BCUT2D eigenvalue weighted by Crippen LogP contribution is 2.15. The summed E-state index contributed by atoms with van der Waals surface area (Å²) in [6.45, 7) is 6.25. The number of aromatic amines is 1. The third kappa shape index (κ3) is 4.40. The highest BCUT2D eigenvalue weighted by Gasteiger charge is 2.17. The standard InChI is InChI=1S/C15H20N6O3S/c1-9-11(3-4-12(22)17-15-20-19-10(2)25-15)13(23)18-14(16-9)21-5-7-24-8-6-21/h3-8H2,1-2H3,(H,16,18,23)(H,17,20,22). The molecule has 25 heavy (non-hydrogen) atoms. The number of rotatable bonds is 5. The molecule has 0 atom stereocenters. The number of anilines is 2. The van der Waals surface area contributed by atoms with Gasteiger partial charge in [-0.3, -0.25) is 14.6 Å². The number of aromatic nitrogens is 4. The lowest BCUT2D eigenvalue weighted by molar-refractivity contribution is -0.116. The van der Waals surface area contributed by atoms with Crippen LogP contribution in [0.2, 0.25) is 0 Å². The Hall–Kier alpha value is -2.33. The molecular weight excluding hydrogens is 344 g/mol. The summed E-state index contributed by atoms with van der Waals surface area (Å²) >= 11 is 1.31. The minimum atomic E-state index is -0.202. The number of ether oxygens (including phenoxy) is 1. The molecule has 0 aliphatic carbocycles. The molecule has 0 saturated carbocycles. The maximum Gasteiger partial charge on any atom is 0.255 e. The van der Waals surface area contributed by atoms with Crippen LogP contribution in [0.15, 0.2) is 4.79 Å². The monoisotopic (exact) mass is 364 g/mol. The molecule has 3 heterocycles. The van der Waals surface area contributed by atoms with Gasteiger partial charge in [-0.15, -0.1) is 10.2 Å². The second-order valence-corrected chi connectivity index (χ2v) is 6.91. The average molecular weight is 364 g/mol. The maximum absolute atomic E-state index is 12.4. The number of nitrogens with zero attached hydrogens (tertiary/aromatic N) is 4. The molecule has 10 heteroatoms. The topological polar surface area (TPSA) is 113 Å². The molecule has 0 bridgehead atoms. The number of amides is 1. The SMILES string of the molecule is Cc1nnc(NC(=O)CCc2c(C)nc(N3CCOCC3)[nH]c2=O)s1. The summed E-state index contributed by atoms with van der Waals surface area (Å²) in [4.78, 5) is 33.7. The third-order valence-electron chi connectivity index (χ3n) is 3.89. The minimum Gasteiger partial charge on any atom is -0.378 e. The first-order valence-corrected chi connectivity index (χ1v) is 8.87. The number of carbonyl (C=O) groups is 1. The van der Waals surface area contributed by atoms with Crippen molar-refractivity contribution in [2.45, 2.75) is 26.7 Å². The fourth-order valence-corrected chi connectivity index (χ4v) is 3.19. The van der Waals surface area contributed by atoms with E-state index in [1.54, 1.807) is 6.92 Å². The van der Waals surface area contributed by atoms with Crippen molar-refractivity contribution < 1.29 is 9.53 Å². The Morgan fingerprint density at radius 3 is 2.72 bits per heavy atom. The molecule has 0 unspecified atom stereocenters. The summed E-state index contributed by atoms with van der Waals surface area (Å²) < 4.78 is 5.31. The Morgan fingerprint density at radius 2 is 2.08 bits per heavy atom. The number of nitrogens with one attached hydrogen (secondary N) is 2. The van der Waals surface area contributed by atoms with Gasteiger partial charge < -0.3 is 15.0 Å². The summed E-state index contributed by atoms with van der Waals surface area (Å²) in [5, 5.41) is 11.6. The number of carbonyl (C=O) groups excluding carboxylic acids is 1. The quantitative estimate of drug-likeness (QED) is 0.800. The Labute approximate surface area is 148 Å². The summed E-state index contributed by atoms with van der Waals surface area (Å²) in [6, 6.07) is 0. The van der Waals surface area contributed by atoms with Crippen molar-refractivity contribution in [3.05, 3.63) is 26.6 Å². The zero-order chi connectivity index (χ0) is 17.8. The van der Waals surface area contributed by atoms with Crippen molar-refractivity contribution in [1.29, 1.82) is 0 Å². The fraction of sp³-hybridized carbons (Fsp3) is 0.533. The van der Waals surface area contributed by atoms with Gasteiger partial charge in [0.1, 0.15) is 5.01 Å². The molecule has 2 N–H and O–H groups in total. The van der Waals surface area contributed by atoms with Crippen LogP contribution in [-0.4, -0.2) is 52.4 Å². The Morgan fingerprint density at radius 1 is 1.32 bits per heavy atom. The number of H-pyrrole nitrogens is 1. The molecule has 0 spiro atoms. The summed E-state index contributed by atoms with van der Waals surface area (Å²) in [7, 11) is 0. The van der Waals surface area contributed by atoms with Gasteiger partial charge in [0, 0.05) is 30.8 Å². The van der Waals surface area contributed by atoms with Gasteiger partial charge in [-0.2, -0.15) is 0 Å². The third-order valence-corrected chi connectivity index (χ3v) is 4.65. The van der Waals surface area contributed by atoms with E-state index < -0.39 is 0 Å². The second kappa shape index (κ2) is 7.70. The van der Waals surface area contributed by atoms with Gasteiger partial charge in [0.05, 0.1) is 13.2 Å². The molecule has 0 aromatic carbocycles. The van der Waals surface area contributed by atoms with Crippen LogP contribution in [-0.2, 0) is 16.0 Å². The molecule has 1 aliphatic heterocycles. The van der Waals surface area contributed by atoms with E-state index in [1.165, 1.54) is 11.3 Å². The molecule has 1 aliphatic rings. The van der Waals surface area contributed by atoms with E-state index in [0.717, 1.165) is 5.01 Å². The van der Waals surface area contributed by atoms with Crippen LogP contribution >= 0.6 is 11.3 Å². The van der Waals surface area contributed by atoms with Crippen LogP contribution < -0.4 is 15.8 Å². The van der Waals surface area contributed by atoms with E-state index in [1.807, 2.05) is 11.8 Å². The van der Waals surface area contributed by atoms with E-state index in [2.05, 4.69) is 25.5 Å². The lowest BCUT2D eigenvalue weighted by atomic mass is 10.1. The first-order valence-electron chi connectivity index (χ1n) is 8.05. The van der Waals surface area contributed by atoms with E-state index in [9.17, 15) is 9.59 Å². The predicted octanol–water partition coefficient (Wildman–Crippen LogP) is 0.646. The molecule has 9 nitrogen and oxygen atoms in total. The van der Waals surface area contributed by atoms with Crippen molar-refractivity contribution in [3.63, 3.8) is 0 Å². The number of hydrogen-bond donors (Lipinski definition) is 2. The summed E-state index contributed by atoms with van der Waals surface area (Å²) in [5.41, 5.74) is 0.971. The zero-order valence-corrected chi connectivity index (χ0v) is 15.0. The fourth-order valence-electron chi connectivity index (χ4n) is 2.58. The number of hydrogen-bond acceptors (Lipinski definition) is 8. The minimum absolute atomic E-state index is 0.182. The smallest absolute Gasteiger partial charge is 0.255 e. The number of aryl methyl sites for hydroxylation is 2. The van der Waals surface area contributed by atoms with Gasteiger partial charge in [0.2, 0.25) is 17.0 Å². The average Bonchev–Trinajstić information content (AvgIpc) is 2.99. The molecule has 1 saturated heterocycles. The van der Waals surface area contributed by atoms with Crippen LogP contribution in [0.3, 0.4) is 0 Å². The molecule has 1 fully saturated rings. The van der Waals surface area contributed by atoms with Gasteiger partial charge in [0.15, 0.2) is 0 Å². The Bertz CT molecular complexity index is 812. The lowest BCUT2D eigenvalue weighted by Gasteiger charge is -2.27. The normalized spacial score (nSPS) is 14.6. The van der Waals surface area contributed by atoms with Gasteiger partial charge >= 0.3 is 0 Å². The van der Waals surface area contributed by atoms with Gasteiger partial charge in [-0.25, -0.2) is 4.98 Å². The lowest BCUT2D eigenvalue weighted by Crippen LogP contribution is -2.38. The van der Waals surface area contributed by atoms with Crippen LogP contribution in [0.1, 0.15) is 22.7 Å². The van der Waals surface area contributed by atoms with Crippen LogP contribution in [0, 0.1) is 13.8 Å². The highest BCUT2D eigenvalue weighted by molar-refractivity contribution is 7.15. The first-order chi connectivity index (χ1) is 12.0. The van der Waals surface area contributed by atoms with Crippen molar-refractivity contribution in [2.24, 2.45) is 0 Å². The summed E-state index contributed by atoms with van der Waals surface area (Å²) in [6.07, 6.45) is 0.502. The van der Waals surface area contributed by atoms with Crippen molar-refractivity contribution in [2.75, 3.05) is 36.5 Å². The molecule has 2 aromatic rings. The first kappa shape index (κ1) is 17.5.